The highest BCUT2D eigenvalue weighted by Crippen LogP contribution is 2.44. The molecule has 0 atom stereocenters. The monoisotopic (exact) mass is 437 g/mol. The lowest BCUT2D eigenvalue weighted by molar-refractivity contribution is 0.0761. The van der Waals surface area contributed by atoms with Gasteiger partial charge < -0.3 is 19.1 Å². The molecule has 3 aromatic rings. The van der Waals surface area contributed by atoms with E-state index in [0.29, 0.717) is 28.5 Å². The Labute approximate surface area is 186 Å². The number of carbonyl (C=O) groups is 1. The number of nitrogens with zero attached hydrogens (tertiary/aromatic N) is 5. The van der Waals surface area contributed by atoms with Crippen LogP contribution in [0.3, 0.4) is 0 Å². The maximum absolute atomic E-state index is 13.4. The number of carbonyl (C=O) groups excluding carboxylic acids is 1. The Morgan fingerprint density at radius 2 is 1.66 bits per heavy atom. The number of aromatic nitrogens is 4. The summed E-state index contributed by atoms with van der Waals surface area (Å²) in [6.07, 6.45) is 5.86. The summed E-state index contributed by atoms with van der Waals surface area (Å²) in [5.74, 6) is 1.57. The van der Waals surface area contributed by atoms with E-state index in [1.807, 2.05) is 35.2 Å². The second kappa shape index (κ2) is 9.67. The third kappa shape index (κ3) is 4.23. The van der Waals surface area contributed by atoms with Crippen LogP contribution in [-0.2, 0) is 0 Å². The van der Waals surface area contributed by atoms with Crippen molar-refractivity contribution in [2.24, 2.45) is 0 Å². The highest BCUT2D eigenvalue weighted by Gasteiger charge is 2.22. The molecule has 4 rings (SSSR count). The average Bonchev–Trinajstić information content (AvgIpc) is 3.24. The summed E-state index contributed by atoms with van der Waals surface area (Å²) in [4.78, 5) is 15.4. The van der Waals surface area contributed by atoms with Gasteiger partial charge in [0.05, 0.1) is 27.0 Å². The molecule has 1 amide bonds. The summed E-state index contributed by atoms with van der Waals surface area (Å²) >= 11 is 0. The Morgan fingerprint density at radius 1 is 0.906 bits per heavy atom. The normalized spacial score (nSPS) is 14.0. The second-order valence-corrected chi connectivity index (χ2v) is 7.61. The zero-order valence-electron chi connectivity index (χ0n) is 18.6. The van der Waals surface area contributed by atoms with Crippen molar-refractivity contribution in [2.45, 2.75) is 25.7 Å². The summed E-state index contributed by atoms with van der Waals surface area (Å²) in [7, 11) is 4.72. The van der Waals surface area contributed by atoms with E-state index in [9.17, 15) is 4.79 Å². The lowest BCUT2D eigenvalue weighted by Crippen LogP contribution is -2.31. The molecule has 168 valence electrons. The lowest BCUT2D eigenvalue weighted by Gasteiger charge is -2.21. The van der Waals surface area contributed by atoms with Gasteiger partial charge in [-0.25, -0.2) is 4.68 Å². The van der Waals surface area contributed by atoms with Crippen molar-refractivity contribution in [3.8, 4) is 34.1 Å². The predicted molar refractivity (Wildman–Crippen MR) is 119 cm³/mol. The standard InChI is InChI=1S/C23H27N5O4/c1-30-20-9-8-19(21(31-2)22(20)32-3)16-12-17(14-18(13-16)28-15-24-25-26-28)23(29)27-10-6-4-5-7-11-27/h8-9,12-15H,4-7,10-11H2,1-3H3. The number of hydrogen-bond donors (Lipinski definition) is 0. The first-order chi connectivity index (χ1) is 15.7. The van der Waals surface area contributed by atoms with Gasteiger partial charge in [-0.1, -0.05) is 12.8 Å². The molecular formula is C23H27N5O4. The topological polar surface area (TPSA) is 91.6 Å². The molecule has 0 spiro atoms. The fourth-order valence-corrected chi connectivity index (χ4v) is 4.09. The van der Waals surface area contributed by atoms with Crippen molar-refractivity contribution in [1.82, 2.24) is 25.1 Å². The number of likely N-dealkylation sites (tertiary alicyclic amines) is 1. The van der Waals surface area contributed by atoms with Crippen molar-refractivity contribution < 1.29 is 19.0 Å². The molecule has 1 fully saturated rings. The first-order valence-electron chi connectivity index (χ1n) is 10.6. The van der Waals surface area contributed by atoms with E-state index in [1.54, 1.807) is 21.3 Å². The highest BCUT2D eigenvalue weighted by molar-refractivity contribution is 5.96. The molecule has 32 heavy (non-hydrogen) atoms. The Morgan fingerprint density at radius 3 is 2.28 bits per heavy atom. The quantitative estimate of drug-likeness (QED) is 0.584. The molecule has 0 N–H and O–H groups in total. The molecule has 0 saturated carbocycles. The van der Waals surface area contributed by atoms with Crippen molar-refractivity contribution in [2.75, 3.05) is 34.4 Å². The summed E-state index contributed by atoms with van der Waals surface area (Å²) < 4.78 is 18.2. The Balaban J connectivity index is 1.85. The van der Waals surface area contributed by atoms with E-state index < -0.39 is 0 Å². The summed E-state index contributed by atoms with van der Waals surface area (Å²) in [5.41, 5.74) is 2.81. The van der Waals surface area contributed by atoms with Gasteiger partial charge in [0.2, 0.25) is 5.75 Å². The van der Waals surface area contributed by atoms with Crippen LogP contribution in [0.4, 0.5) is 0 Å². The molecule has 0 aliphatic carbocycles. The molecule has 0 radical (unpaired) electrons. The van der Waals surface area contributed by atoms with Gasteiger partial charge in [-0.15, -0.1) is 5.10 Å². The number of hydrogen-bond acceptors (Lipinski definition) is 7. The lowest BCUT2D eigenvalue weighted by atomic mass is 9.99. The second-order valence-electron chi connectivity index (χ2n) is 7.61. The SMILES string of the molecule is COc1ccc(-c2cc(C(=O)N3CCCCCC3)cc(-n3cnnn3)c2)c(OC)c1OC. The average molecular weight is 438 g/mol. The molecule has 0 bridgehead atoms. The van der Waals surface area contributed by atoms with Gasteiger partial charge in [0.15, 0.2) is 11.5 Å². The van der Waals surface area contributed by atoms with Gasteiger partial charge in [0, 0.05) is 24.2 Å². The van der Waals surface area contributed by atoms with Gasteiger partial charge in [0.1, 0.15) is 6.33 Å². The summed E-state index contributed by atoms with van der Waals surface area (Å²) in [6, 6.07) is 9.32. The molecule has 1 aliphatic heterocycles. The minimum absolute atomic E-state index is 0.00233. The Hall–Kier alpha value is -3.62. The largest absolute Gasteiger partial charge is 0.493 e. The summed E-state index contributed by atoms with van der Waals surface area (Å²) in [5, 5.41) is 11.5. The van der Waals surface area contributed by atoms with E-state index >= 15 is 0 Å². The van der Waals surface area contributed by atoms with Crippen LogP contribution in [0.1, 0.15) is 36.0 Å². The van der Waals surface area contributed by atoms with E-state index in [1.165, 1.54) is 11.0 Å². The van der Waals surface area contributed by atoms with Crippen molar-refractivity contribution in [1.29, 1.82) is 0 Å². The molecule has 2 heterocycles. The molecule has 1 saturated heterocycles. The molecule has 1 aliphatic rings. The number of tetrazole rings is 1. The minimum atomic E-state index is 0.00233. The fourth-order valence-electron chi connectivity index (χ4n) is 4.09. The highest BCUT2D eigenvalue weighted by atomic mass is 16.5. The van der Waals surface area contributed by atoms with E-state index in [2.05, 4.69) is 15.5 Å². The van der Waals surface area contributed by atoms with Gasteiger partial charge in [0.25, 0.3) is 5.91 Å². The number of benzene rings is 2. The third-order valence-corrected chi connectivity index (χ3v) is 5.69. The number of amides is 1. The van der Waals surface area contributed by atoms with Crippen LogP contribution in [0.15, 0.2) is 36.7 Å². The molecule has 2 aromatic carbocycles. The first-order valence-corrected chi connectivity index (χ1v) is 10.6. The van der Waals surface area contributed by atoms with Crippen molar-refractivity contribution in [3.63, 3.8) is 0 Å². The fraction of sp³-hybridized carbons (Fsp3) is 0.391. The van der Waals surface area contributed by atoms with Crippen LogP contribution in [0.5, 0.6) is 17.2 Å². The number of rotatable bonds is 6. The summed E-state index contributed by atoms with van der Waals surface area (Å²) in [6.45, 7) is 1.53. The number of ether oxygens (including phenoxy) is 3. The van der Waals surface area contributed by atoms with E-state index in [-0.39, 0.29) is 5.91 Å². The Bertz CT molecular complexity index is 1080. The smallest absolute Gasteiger partial charge is 0.253 e. The van der Waals surface area contributed by atoms with Crippen LogP contribution in [0.2, 0.25) is 0 Å². The molecule has 9 nitrogen and oxygen atoms in total. The zero-order chi connectivity index (χ0) is 22.5. The van der Waals surface area contributed by atoms with Crippen LogP contribution in [0.25, 0.3) is 16.8 Å². The van der Waals surface area contributed by atoms with Gasteiger partial charge >= 0.3 is 0 Å². The predicted octanol–water partition coefficient (Wildman–Crippen LogP) is 3.37. The van der Waals surface area contributed by atoms with Crippen LogP contribution in [-0.4, -0.2) is 65.4 Å². The van der Waals surface area contributed by atoms with Gasteiger partial charge in [-0.3, -0.25) is 4.79 Å². The van der Waals surface area contributed by atoms with Crippen LogP contribution >= 0.6 is 0 Å². The van der Waals surface area contributed by atoms with Crippen molar-refractivity contribution in [3.05, 3.63) is 42.2 Å². The van der Waals surface area contributed by atoms with Crippen molar-refractivity contribution >= 4 is 5.91 Å². The Kier molecular flexibility index (Phi) is 6.53. The maximum atomic E-state index is 13.4. The van der Waals surface area contributed by atoms with Crippen LogP contribution < -0.4 is 14.2 Å². The van der Waals surface area contributed by atoms with Gasteiger partial charge in [-0.05, 0) is 59.2 Å². The maximum Gasteiger partial charge on any atom is 0.253 e. The molecule has 1 aromatic heterocycles. The minimum Gasteiger partial charge on any atom is -0.493 e. The third-order valence-electron chi connectivity index (χ3n) is 5.69. The molecular weight excluding hydrogens is 410 g/mol. The van der Waals surface area contributed by atoms with Gasteiger partial charge in [-0.2, -0.15) is 0 Å². The zero-order valence-corrected chi connectivity index (χ0v) is 18.6. The first kappa shape index (κ1) is 21.6. The van der Waals surface area contributed by atoms with E-state index in [0.717, 1.165) is 49.9 Å². The molecule has 0 unspecified atom stereocenters. The molecule has 9 heteroatoms. The number of methoxy groups -OCH3 is 3. The van der Waals surface area contributed by atoms with Crippen LogP contribution in [0, 0.1) is 0 Å². The van der Waals surface area contributed by atoms with E-state index in [4.69, 9.17) is 14.2 Å².